The molecular weight excluding hydrogens is 220 g/mol. The molecule has 2 aromatic rings. The maximum Gasteiger partial charge on any atom is 0.102 e. The van der Waals surface area contributed by atoms with Crippen LogP contribution in [0.1, 0.15) is 12.5 Å². The van der Waals surface area contributed by atoms with Crippen molar-refractivity contribution in [2.45, 2.75) is 6.92 Å². The summed E-state index contributed by atoms with van der Waals surface area (Å²) in [5, 5.41) is 12.5. The van der Waals surface area contributed by atoms with Gasteiger partial charge in [-0.1, -0.05) is 48.5 Å². The molecule has 0 spiro atoms. The number of hydrogen-bond donors (Lipinski definition) is 1. The molecule has 0 aliphatic heterocycles. The fraction of sp³-hybridized carbons (Fsp3) is 0.0625. The average molecular weight is 234 g/mol. The van der Waals surface area contributed by atoms with Gasteiger partial charge in [-0.05, 0) is 24.6 Å². The minimum Gasteiger partial charge on any atom is -0.358 e. The number of nitrogens with zero attached hydrogens (tertiary/aromatic N) is 1. The highest BCUT2D eigenvalue weighted by Gasteiger charge is 2.04. The zero-order valence-electron chi connectivity index (χ0n) is 10.2. The first-order valence-electron chi connectivity index (χ1n) is 5.79. The molecule has 1 N–H and O–H groups in total. The van der Waals surface area contributed by atoms with Crippen LogP contribution in [0, 0.1) is 11.3 Å². The molecule has 0 aliphatic carbocycles. The second-order valence-corrected chi connectivity index (χ2v) is 3.97. The Bertz CT molecular complexity index is 577. The Labute approximate surface area is 107 Å². The van der Waals surface area contributed by atoms with Crippen molar-refractivity contribution in [1.82, 2.24) is 0 Å². The van der Waals surface area contributed by atoms with E-state index in [1.165, 1.54) is 0 Å². The molecule has 0 heterocycles. The number of nitrogens with one attached hydrogen (secondary N) is 1. The lowest BCUT2D eigenvalue weighted by Gasteiger charge is -2.09. The van der Waals surface area contributed by atoms with Crippen LogP contribution < -0.4 is 5.32 Å². The van der Waals surface area contributed by atoms with Gasteiger partial charge in [-0.3, -0.25) is 0 Å². The van der Waals surface area contributed by atoms with Gasteiger partial charge in [-0.15, -0.1) is 0 Å². The lowest BCUT2D eigenvalue weighted by molar-refractivity contribution is 1.37. The van der Waals surface area contributed by atoms with Crippen molar-refractivity contribution < 1.29 is 0 Å². The Morgan fingerprint density at radius 3 is 2.06 bits per heavy atom. The molecule has 0 bridgehead atoms. The fourth-order valence-corrected chi connectivity index (χ4v) is 1.77. The van der Waals surface area contributed by atoms with Crippen LogP contribution >= 0.6 is 0 Å². The van der Waals surface area contributed by atoms with Crippen LogP contribution in [0.4, 0.5) is 5.69 Å². The third-order valence-electron chi connectivity index (χ3n) is 2.65. The molecule has 0 unspecified atom stereocenters. The highest BCUT2D eigenvalue weighted by molar-refractivity contribution is 5.81. The van der Waals surface area contributed by atoms with Gasteiger partial charge < -0.3 is 5.32 Å². The zero-order chi connectivity index (χ0) is 12.8. The molecular formula is C16H14N2. The van der Waals surface area contributed by atoms with Gasteiger partial charge in [0.1, 0.15) is 6.07 Å². The lowest BCUT2D eigenvalue weighted by Crippen LogP contribution is -1.99. The molecule has 0 amide bonds. The van der Waals surface area contributed by atoms with E-state index in [9.17, 15) is 5.26 Å². The minimum atomic E-state index is 0.666. The second kappa shape index (κ2) is 5.70. The predicted molar refractivity (Wildman–Crippen MR) is 74.7 cm³/mol. The van der Waals surface area contributed by atoms with Gasteiger partial charge in [0.15, 0.2) is 0 Å². The van der Waals surface area contributed by atoms with Crippen molar-refractivity contribution in [2.75, 3.05) is 5.32 Å². The van der Waals surface area contributed by atoms with Gasteiger partial charge in [0.05, 0.1) is 5.57 Å². The van der Waals surface area contributed by atoms with E-state index in [0.717, 1.165) is 16.9 Å². The number of anilines is 1. The number of rotatable bonds is 3. The average Bonchev–Trinajstić information content (AvgIpc) is 2.42. The molecule has 2 heteroatoms. The normalized spacial score (nSPS) is 11.3. The second-order valence-electron chi connectivity index (χ2n) is 3.97. The van der Waals surface area contributed by atoms with E-state index >= 15 is 0 Å². The largest absolute Gasteiger partial charge is 0.358 e. The molecule has 2 rings (SSSR count). The summed E-state index contributed by atoms with van der Waals surface area (Å²) in [6.45, 7) is 1.92. The van der Waals surface area contributed by atoms with Crippen LogP contribution in [-0.2, 0) is 0 Å². The molecule has 0 aromatic heterocycles. The first-order valence-corrected chi connectivity index (χ1v) is 5.79. The summed E-state index contributed by atoms with van der Waals surface area (Å²) in [6, 6.07) is 21.8. The Hall–Kier alpha value is -2.53. The van der Waals surface area contributed by atoms with E-state index in [1.807, 2.05) is 67.6 Å². The Morgan fingerprint density at radius 1 is 0.944 bits per heavy atom. The highest BCUT2D eigenvalue weighted by Crippen LogP contribution is 2.19. The molecule has 0 saturated carbocycles. The zero-order valence-corrected chi connectivity index (χ0v) is 10.2. The van der Waals surface area contributed by atoms with Gasteiger partial charge in [0.25, 0.3) is 0 Å². The summed E-state index contributed by atoms with van der Waals surface area (Å²) >= 11 is 0. The smallest absolute Gasteiger partial charge is 0.102 e. The van der Waals surface area contributed by atoms with Crippen molar-refractivity contribution in [1.29, 1.82) is 5.26 Å². The molecule has 0 atom stereocenters. The molecule has 0 fully saturated rings. The Morgan fingerprint density at radius 2 is 1.50 bits per heavy atom. The van der Waals surface area contributed by atoms with E-state index in [-0.39, 0.29) is 0 Å². The van der Waals surface area contributed by atoms with Crippen molar-refractivity contribution in [3.63, 3.8) is 0 Å². The lowest BCUT2D eigenvalue weighted by atomic mass is 10.1. The Balaban J connectivity index is 2.31. The van der Waals surface area contributed by atoms with Crippen LogP contribution in [0.25, 0.3) is 5.57 Å². The molecule has 0 saturated heterocycles. The van der Waals surface area contributed by atoms with Gasteiger partial charge in [0, 0.05) is 11.4 Å². The number of para-hydroxylation sites is 1. The number of hydrogen-bond acceptors (Lipinski definition) is 2. The first-order chi connectivity index (χ1) is 8.81. The van der Waals surface area contributed by atoms with Crippen molar-refractivity contribution in [2.24, 2.45) is 0 Å². The fourth-order valence-electron chi connectivity index (χ4n) is 1.77. The molecule has 2 nitrogen and oxygen atoms in total. The van der Waals surface area contributed by atoms with Crippen molar-refractivity contribution in [3.8, 4) is 6.07 Å². The van der Waals surface area contributed by atoms with Crippen LogP contribution in [-0.4, -0.2) is 0 Å². The molecule has 18 heavy (non-hydrogen) atoms. The molecule has 0 radical (unpaired) electrons. The van der Waals surface area contributed by atoms with Gasteiger partial charge in [0.2, 0.25) is 0 Å². The summed E-state index contributed by atoms with van der Waals surface area (Å²) < 4.78 is 0. The quantitative estimate of drug-likeness (QED) is 0.813. The van der Waals surface area contributed by atoms with Crippen molar-refractivity contribution in [3.05, 3.63) is 71.9 Å². The highest BCUT2D eigenvalue weighted by atomic mass is 14.9. The van der Waals surface area contributed by atoms with E-state index in [1.54, 1.807) is 0 Å². The third-order valence-corrected chi connectivity index (χ3v) is 2.65. The van der Waals surface area contributed by atoms with Gasteiger partial charge in [-0.2, -0.15) is 5.26 Å². The Kier molecular flexibility index (Phi) is 3.78. The van der Waals surface area contributed by atoms with Gasteiger partial charge in [-0.25, -0.2) is 0 Å². The van der Waals surface area contributed by atoms with Crippen LogP contribution in [0.3, 0.4) is 0 Å². The number of nitriles is 1. The van der Waals surface area contributed by atoms with Crippen LogP contribution in [0.2, 0.25) is 0 Å². The summed E-state index contributed by atoms with van der Waals surface area (Å²) in [5.74, 6) is 0. The summed E-state index contributed by atoms with van der Waals surface area (Å²) in [7, 11) is 0. The van der Waals surface area contributed by atoms with E-state index < -0.39 is 0 Å². The predicted octanol–water partition coefficient (Wildman–Crippen LogP) is 4.05. The maximum atomic E-state index is 9.28. The third kappa shape index (κ3) is 2.78. The topological polar surface area (TPSA) is 35.8 Å². The molecule has 88 valence electrons. The molecule has 2 aromatic carbocycles. The summed E-state index contributed by atoms with van der Waals surface area (Å²) in [4.78, 5) is 0. The standard InChI is InChI=1S/C16H14N2/c1-13(18-15-10-6-3-7-11-15)16(12-17)14-8-4-2-5-9-14/h2-11,18H,1H3/b16-13-. The van der Waals surface area contributed by atoms with Crippen molar-refractivity contribution >= 4 is 11.3 Å². The SMILES string of the molecule is C/C(Nc1ccccc1)=C(\C#N)c1ccccc1. The van der Waals surface area contributed by atoms with E-state index in [0.29, 0.717) is 5.57 Å². The summed E-state index contributed by atoms with van der Waals surface area (Å²) in [5.41, 5.74) is 3.44. The minimum absolute atomic E-state index is 0.666. The van der Waals surface area contributed by atoms with Gasteiger partial charge >= 0.3 is 0 Å². The maximum absolute atomic E-state index is 9.28. The van der Waals surface area contributed by atoms with Crippen LogP contribution in [0.15, 0.2) is 66.4 Å². The summed E-state index contributed by atoms with van der Waals surface area (Å²) in [6.07, 6.45) is 0. The number of benzene rings is 2. The monoisotopic (exact) mass is 234 g/mol. The first kappa shape index (κ1) is 11.9. The van der Waals surface area contributed by atoms with E-state index in [2.05, 4.69) is 11.4 Å². The molecule has 0 aliphatic rings. The van der Waals surface area contributed by atoms with E-state index in [4.69, 9.17) is 0 Å². The number of allylic oxidation sites excluding steroid dienone is 2. The van der Waals surface area contributed by atoms with Crippen LogP contribution in [0.5, 0.6) is 0 Å².